The number of nitrogens with one attached hydrogen (secondary N) is 1. The van der Waals surface area contributed by atoms with Crippen LogP contribution in [0.1, 0.15) is 32.3 Å². The topological polar surface area (TPSA) is 28.7 Å². The number of hydrogen-bond acceptors (Lipinski definition) is 1. The molecule has 1 saturated carbocycles. The van der Waals surface area contributed by atoms with E-state index in [1.807, 2.05) is 12.4 Å². The molecule has 1 fully saturated rings. The van der Waals surface area contributed by atoms with Crippen LogP contribution in [0.3, 0.4) is 0 Å². The SMILES string of the molecule is CC1(C)C2CC=C(c3cn[nH]c3)C1C2. The molecule has 2 atom stereocenters. The summed E-state index contributed by atoms with van der Waals surface area (Å²) in [6, 6.07) is 0. The van der Waals surface area contributed by atoms with Crippen LogP contribution in [-0.2, 0) is 0 Å². The molecule has 2 heteroatoms. The summed E-state index contributed by atoms with van der Waals surface area (Å²) in [6.07, 6.45) is 9.00. The zero-order valence-corrected chi connectivity index (χ0v) is 8.75. The van der Waals surface area contributed by atoms with Crippen molar-refractivity contribution in [1.82, 2.24) is 10.2 Å². The third-order valence-electron chi connectivity index (χ3n) is 4.30. The number of fused-ring (bicyclic) bond motifs is 1. The number of aromatic nitrogens is 2. The smallest absolute Gasteiger partial charge is 0.0562 e. The maximum atomic E-state index is 4.03. The van der Waals surface area contributed by atoms with Crippen LogP contribution in [0.5, 0.6) is 0 Å². The molecule has 0 aliphatic heterocycles. The van der Waals surface area contributed by atoms with E-state index >= 15 is 0 Å². The molecule has 3 aliphatic rings. The van der Waals surface area contributed by atoms with E-state index < -0.39 is 0 Å². The molecule has 74 valence electrons. The van der Waals surface area contributed by atoms with E-state index in [1.54, 1.807) is 0 Å². The van der Waals surface area contributed by atoms with Crippen LogP contribution in [-0.4, -0.2) is 10.2 Å². The summed E-state index contributed by atoms with van der Waals surface area (Å²) >= 11 is 0. The maximum absolute atomic E-state index is 4.03. The molecule has 1 N–H and O–H groups in total. The molecule has 3 aliphatic carbocycles. The van der Waals surface area contributed by atoms with Crippen molar-refractivity contribution in [3.8, 4) is 0 Å². The molecule has 1 heterocycles. The fourth-order valence-electron chi connectivity index (χ4n) is 3.08. The fraction of sp³-hybridized carbons (Fsp3) is 0.583. The Morgan fingerprint density at radius 2 is 2.36 bits per heavy atom. The van der Waals surface area contributed by atoms with Gasteiger partial charge in [-0.2, -0.15) is 5.10 Å². The second kappa shape index (κ2) is 2.50. The van der Waals surface area contributed by atoms with Crippen LogP contribution in [0.25, 0.3) is 5.57 Å². The normalized spacial score (nSPS) is 33.4. The lowest BCUT2D eigenvalue weighted by atomic mass is 9.48. The highest BCUT2D eigenvalue weighted by Crippen LogP contribution is 2.61. The minimum atomic E-state index is 0.515. The van der Waals surface area contributed by atoms with Crippen LogP contribution in [0.2, 0.25) is 0 Å². The molecule has 2 bridgehead atoms. The predicted molar refractivity (Wildman–Crippen MR) is 56.6 cm³/mol. The Hall–Kier alpha value is -1.05. The summed E-state index contributed by atoms with van der Waals surface area (Å²) in [5.74, 6) is 1.68. The van der Waals surface area contributed by atoms with E-state index in [-0.39, 0.29) is 0 Å². The Labute approximate surface area is 84.4 Å². The summed E-state index contributed by atoms with van der Waals surface area (Å²) in [5, 5.41) is 6.93. The van der Waals surface area contributed by atoms with Gasteiger partial charge in [0.15, 0.2) is 0 Å². The van der Waals surface area contributed by atoms with Gasteiger partial charge in [0.25, 0.3) is 0 Å². The van der Waals surface area contributed by atoms with Crippen LogP contribution in [0, 0.1) is 17.3 Å². The van der Waals surface area contributed by atoms with Gasteiger partial charge < -0.3 is 0 Å². The molecule has 0 spiro atoms. The van der Waals surface area contributed by atoms with Crippen molar-refractivity contribution in [2.45, 2.75) is 26.7 Å². The quantitative estimate of drug-likeness (QED) is 0.721. The van der Waals surface area contributed by atoms with Crippen LogP contribution >= 0.6 is 0 Å². The maximum Gasteiger partial charge on any atom is 0.0562 e. The van der Waals surface area contributed by atoms with Gasteiger partial charge in [0, 0.05) is 11.8 Å². The molecule has 1 aromatic heterocycles. The Balaban J connectivity index is 1.99. The van der Waals surface area contributed by atoms with E-state index in [2.05, 4.69) is 30.1 Å². The first-order valence-corrected chi connectivity index (χ1v) is 5.39. The Bertz CT molecular complexity index is 373. The molecule has 14 heavy (non-hydrogen) atoms. The lowest BCUT2D eigenvalue weighted by molar-refractivity contribution is 0.0113. The Morgan fingerprint density at radius 1 is 1.50 bits per heavy atom. The average molecular weight is 188 g/mol. The third-order valence-corrected chi connectivity index (χ3v) is 4.30. The predicted octanol–water partition coefficient (Wildman–Crippen LogP) is 2.86. The molecule has 4 rings (SSSR count). The van der Waals surface area contributed by atoms with Crippen molar-refractivity contribution in [2.24, 2.45) is 17.3 Å². The number of H-pyrrole nitrogens is 1. The minimum absolute atomic E-state index is 0.515. The highest BCUT2D eigenvalue weighted by Gasteiger charge is 2.51. The zero-order chi connectivity index (χ0) is 9.76. The molecule has 0 amide bonds. The number of hydrogen-bond donors (Lipinski definition) is 1. The van der Waals surface area contributed by atoms with Gasteiger partial charge in [-0.15, -0.1) is 0 Å². The van der Waals surface area contributed by atoms with E-state index in [9.17, 15) is 0 Å². The fourth-order valence-corrected chi connectivity index (χ4v) is 3.08. The minimum Gasteiger partial charge on any atom is -0.285 e. The first kappa shape index (κ1) is 8.27. The van der Waals surface area contributed by atoms with Crippen molar-refractivity contribution in [2.75, 3.05) is 0 Å². The van der Waals surface area contributed by atoms with Gasteiger partial charge in [-0.05, 0) is 35.7 Å². The molecule has 2 unspecified atom stereocenters. The molecule has 2 nitrogen and oxygen atoms in total. The van der Waals surface area contributed by atoms with Crippen molar-refractivity contribution >= 4 is 5.57 Å². The first-order chi connectivity index (χ1) is 6.69. The van der Waals surface area contributed by atoms with E-state index in [4.69, 9.17) is 0 Å². The average Bonchev–Trinajstić information content (AvgIpc) is 2.70. The van der Waals surface area contributed by atoms with Gasteiger partial charge in [-0.1, -0.05) is 19.9 Å². The molecule has 0 saturated heterocycles. The lowest BCUT2D eigenvalue weighted by Gasteiger charge is -2.56. The van der Waals surface area contributed by atoms with Crippen molar-refractivity contribution in [3.05, 3.63) is 24.0 Å². The number of nitrogens with zero attached hydrogens (tertiary/aromatic N) is 1. The summed E-state index contributed by atoms with van der Waals surface area (Å²) in [7, 11) is 0. The van der Waals surface area contributed by atoms with Gasteiger partial charge >= 0.3 is 0 Å². The largest absolute Gasteiger partial charge is 0.285 e. The van der Waals surface area contributed by atoms with Crippen LogP contribution < -0.4 is 0 Å². The summed E-state index contributed by atoms with van der Waals surface area (Å²) < 4.78 is 0. The number of rotatable bonds is 1. The standard InChI is InChI=1S/C12H16N2/c1-12(2)9-3-4-10(11(12)5-9)8-6-13-14-7-8/h4,6-7,9,11H,3,5H2,1-2H3,(H,13,14). The second-order valence-electron chi connectivity index (χ2n) is 5.19. The highest BCUT2D eigenvalue weighted by atomic mass is 15.1. The molecular weight excluding hydrogens is 172 g/mol. The van der Waals surface area contributed by atoms with Gasteiger partial charge in [0.2, 0.25) is 0 Å². The molecule has 0 aromatic carbocycles. The second-order valence-corrected chi connectivity index (χ2v) is 5.19. The third kappa shape index (κ3) is 0.887. The van der Waals surface area contributed by atoms with E-state index in [0.29, 0.717) is 5.41 Å². The van der Waals surface area contributed by atoms with Gasteiger partial charge in [0.1, 0.15) is 0 Å². The van der Waals surface area contributed by atoms with E-state index in [1.165, 1.54) is 24.0 Å². The van der Waals surface area contributed by atoms with Gasteiger partial charge in [-0.25, -0.2) is 0 Å². The molecule has 0 radical (unpaired) electrons. The molecule has 1 aromatic rings. The number of aromatic amines is 1. The number of allylic oxidation sites excluding steroid dienone is 2. The lowest BCUT2D eigenvalue weighted by Crippen LogP contribution is -2.47. The van der Waals surface area contributed by atoms with Crippen LogP contribution in [0.15, 0.2) is 18.5 Å². The Kier molecular flexibility index (Phi) is 1.48. The summed E-state index contributed by atoms with van der Waals surface area (Å²) in [6.45, 7) is 4.80. The van der Waals surface area contributed by atoms with Crippen molar-refractivity contribution in [3.63, 3.8) is 0 Å². The highest BCUT2D eigenvalue weighted by molar-refractivity contribution is 5.69. The summed E-state index contributed by atoms with van der Waals surface area (Å²) in [5.41, 5.74) is 3.33. The van der Waals surface area contributed by atoms with Crippen LogP contribution in [0.4, 0.5) is 0 Å². The van der Waals surface area contributed by atoms with Gasteiger partial charge in [-0.3, -0.25) is 5.10 Å². The zero-order valence-electron chi connectivity index (χ0n) is 8.75. The molecular formula is C12H16N2. The van der Waals surface area contributed by atoms with Crippen molar-refractivity contribution in [1.29, 1.82) is 0 Å². The van der Waals surface area contributed by atoms with E-state index in [0.717, 1.165) is 11.8 Å². The van der Waals surface area contributed by atoms with Gasteiger partial charge in [0.05, 0.1) is 6.20 Å². The van der Waals surface area contributed by atoms with Crippen molar-refractivity contribution < 1.29 is 0 Å². The summed E-state index contributed by atoms with van der Waals surface area (Å²) in [4.78, 5) is 0. The first-order valence-electron chi connectivity index (χ1n) is 5.39. The Morgan fingerprint density at radius 3 is 2.93 bits per heavy atom. The monoisotopic (exact) mass is 188 g/mol.